The highest BCUT2D eigenvalue weighted by atomic mass is 19.4. The van der Waals surface area contributed by atoms with Crippen LogP contribution >= 0.6 is 0 Å². The number of rotatable bonds is 1. The Bertz CT molecular complexity index is 583. The standard InChI is InChI=1S/C10H9F3N4/c11-10(12,13)9(2-3-9)17-7-1-4-15-5-6(7)16-8(17)14/h1,4-5H,2-3H2,(H2,14,16). The quantitative estimate of drug-likeness (QED) is 0.832. The molecular weight excluding hydrogens is 233 g/mol. The van der Waals surface area contributed by atoms with Crippen molar-refractivity contribution in [1.29, 1.82) is 0 Å². The monoisotopic (exact) mass is 242 g/mol. The van der Waals surface area contributed by atoms with Gasteiger partial charge in [-0.25, -0.2) is 4.98 Å². The van der Waals surface area contributed by atoms with Crippen LogP contribution in [0.25, 0.3) is 11.0 Å². The largest absolute Gasteiger partial charge is 0.412 e. The van der Waals surface area contributed by atoms with Gasteiger partial charge in [0.25, 0.3) is 0 Å². The maximum absolute atomic E-state index is 13.0. The van der Waals surface area contributed by atoms with Gasteiger partial charge in [0.1, 0.15) is 11.1 Å². The second kappa shape index (κ2) is 2.91. The molecule has 3 rings (SSSR count). The number of aromatic nitrogens is 3. The molecule has 2 heterocycles. The summed E-state index contributed by atoms with van der Waals surface area (Å²) in [6.07, 6.45) is -1.36. The van der Waals surface area contributed by atoms with Gasteiger partial charge < -0.3 is 5.73 Å². The molecule has 0 spiro atoms. The van der Waals surface area contributed by atoms with Crippen LogP contribution in [0.1, 0.15) is 12.8 Å². The van der Waals surface area contributed by atoms with E-state index in [0.717, 1.165) is 4.57 Å². The summed E-state index contributed by atoms with van der Waals surface area (Å²) in [5.74, 6) is -0.108. The zero-order valence-electron chi connectivity index (χ0n) is 8.70. The molecule has 1 aliphatic carbocycles. The number of nitrogens with two attached hydrogens (primary N) is 1. The molecule has 0 saturated heterocycles. The molecule has 1 aliphatic rings. The van der Waals surface area contributed by atoms with Gasteiger partial charge in [-0.3, -0.25) is 9.55 Å². The predicted molar refractivity (Wildman–Crippen MR) is 55.2 cm³/mol. The topological polar surface area (TPSA) is 56.7 Å². The zero-order chi connectivity index (χ0) is 12.3. The van der Waals surface area contributed by atoms with Gasteiger partial charge in [-0.1, -0.05) is 0 Å². The van der Waals surface area contributed by atoms with Gasteiger partial charge in [-0.2, -0.15) is 13.2 Å². The third-order valence-corrected chi connectivity index (χ3v) is 3.16. The molecule has 0 bridgehead atoms. The lowest BCUT2D eigenvalue weighted by Crippen LogP contribution is -2.35. The molecule has 0 unspecified atom stereocenters. The molecule has 0 aliphatic heterocycles. The van der Waals surface area contributed by atoms with Crippen LogP contribution in [-0.4, -0.2) is 20.7 Å². The van der Waals surface area contributed by atoms with E-state index in [1.165, 1.54) is 18.5 Å². The van der Waals surface area contributed by atoms with Crippen LogP contribution in [0.4, 0.5) is 19.1 Å². The molecule has 17 heavy (non-hydrogen) atoms. The number of halogens is 3. The molecule has 0 amide bonds. The lowest BCUT2D eigenvalue weighted by molar-refractivity contribution is -0.178. The summed E-state index contributed by atoms with van der Waals surface area (Å²) in [6.45, 7) is 0. The highest BCUT2D eigenvalue weighted by molar-refractivity contribution is 5.77. The van der Waals surface area contributed by atoms with E-state index in [9.17, 15) is 13.2 Å². The lowest BCUT2D eigenvalue weighted by Gasteiger charge is -2.22. The fourth-order valence-electron chi connectivity index (χ4n) is 2.15. The molecule has 1 saturated carbocycles. The van der Waals surface area contributed by atoms with Crippen LogP contribution < -0.4 is 5.73 Å². The van der Waals surface area contributed by atoms with Crippen LogP contribution in [0.15, 0.2) is 18.5 Å². The third-order valence-electron chi connectivity index (χ3n) is 3.16. The Hall–Kier alpha value is -1.79. The summed E-state index contributed by atoms with van der Waals surface area (Å²) in [4.78, 5) is 7.73. The van der Waals surface area contributed by atoms with Gasteiger partial charge in [0.2, 0.25) is 5.95 Å². The number of hydrogen-bond donors (Lipinski definition) is 1. The first kappa shape index (κ1) is 10.4. The highest BCUT2D eigenvalue weighted by Crippen LogP contribution is 2.57. The minimum Gasteiger partial charge on any atom is -0.369 e. The Morgan fingerprint density at radius 2 is 2.06 bits per heavy atom. The van der Waals surface area contributed by atoms with Crippen molar-refractivity contribution in [1.82, 2.24) is 14.5 Å². The second-order valence-corrected chi connectivity index (χ2v) is 4.20. The Kier molecular flexibility index (Phi) is 1.77. The summed E-state index contributed by atoms with van der Waals surface area (Å²) < 4.78 is 40.2. The number of anilines is 1. The average Bonchev–Trinajstić information content (AvgIpc) is 2.96. The first-order valence-electron chi connectivity index (χ1n) is 5.11. The average molecular weight is 242 g/mol. The third kappa shape index (κ3) is 1.25. The molecule has 90 valence electrons. The molecule has 7 heteroatoms. The van der Waals surface area contributed by atoms with Gasteiger partial charge >= 0.3 is 6.18 Å². The van der Waals surface area contributed by atoms with E-state index in [2.05, 4.69) is 9.97 Å². The highest BCUT2D eigenvalue weighted by Gasteiger charge is 2.65. The SMILES string of the molecule is Nc1nc2cnccc2n1C1(C(F)(F)F)CC1. The Balaban J connectivity index is 2.28. The van der Waals surface area contributed by atoms with Crippen molar-refractivity contribution in [2.45, 2.75) is 24.6 Å². The van der Waals surface area contributed by atoms with E-state index in [0.29, 0.717) is 11.0 Å². The van der Waals surface area contributed by atoms with E-state index < -0.39 is 11.7 Å². The fraction of sp³-hybridized carbons (Fsp3) is 0.400. The minimum atomic E-state index is -4.31. The van der Waals surface area contributed by atoms with Crippen molar-refractivity contribution in [2.24, 2.45) is 0 Å². The summed E-state index contributed by atoms with van der Waals surface area (Å²) >= 11 is 0. The molecular formula is C10H9F3N4. The number of nitrogens with zero attached hydrogens (tertiary/aromatic N) is 3. The molecule has 4 nitrogen and oxygen atoms in total. The Morgan fingerprint density at radius 1 is 1.35 bits per heavy atom. The summed E-state index contributed by atoms with van der Waals surface area (Å²) in [7, 11) is 0. The van der Waals surface area contributed by atoms with Crippen LogP contribution in [0.5, 0.6) is 0 Å². The van der Waals surface area contributed by atoms with Crippen molar-refractivity contribution < 1.29 is 13.2 Å². The van der Waals surface area contributed by atoms with E-state index in [4.69, 9.17) is 5.73 Å². The summed E-state index contributed by atoms with van der Waals surface area (Å²) in [5.41, 5.74) is 4.50. The van der Waals surface area contributed by atoms with E-state index in [1.807, 2.05) is 0 Å². The molecule has 2 N–H and O–H groups in total. The summed E-state index contributed by atoms with van der Waals surface area (Å²) in [5, 5.41) is 0. The van der Waals surface area contributed by atoms with Crippen LogP contribution in [0.3, 0.4) is 0 Å². The van der Waals surface area contributed by atoms with Crippen LogP contribution in [-0.2, 0) is 5.54 Å². The van der Waals surface area contributed by atoms with E-state index in [1.54, 1.807) is 0 Å². The van der Waals surface area contributed by atoms with Crippen LogP contribution in [0.2, 0.25) is 0 Å². The maximum atomic E-state index is 13.0. The van der Waals surface area contributed by atoms with E-state index >= 15 is 0 Å². The predicted octanol–water partition coefficient (Wildman–Crippen LogP) is 2.06. The first-order valence-corrected chi connectivity index (χ1v) is 5.11. The van der Waals surface area contributed by atoms with Gasteiger partial charge in [-0.15, -0.1) is 0 Å². The molecule has 0 radical (unpaired) electrons. The maximum Gasteiger partial charge on any atom is 0.412 e. The van der Waals surface area contributed by atoms with Crippen molar-refractivity contribution in [3.63, 3.8) is 0 Å². The number of hydrogen-bond acceptors (Lipinski definition) is 3. The van der Waals surface area contributed by atoms with Gasteiger partial charge in [-0.05, 0) is 18.9 Å². The van der Waals surface area contributed by atoms with Gasteiger partial charge in [0.05, 0.1) is 11.7 Å². The van der Waals surface area contributed by atoms with Crippen molar-refractivity contribution in [3.05, 3.63) is 18.5 Å². The Labute approximate surface area is 94.3 Å². The van der Waals surface area contributed by atoms with Crippen molar-refractivity contribution in [3.8, 4) is 0 Å². The van der Waals surface area contributed by atoms with Crippen molar-refractivity contribution >= 4 is 17.0 Å². The zero-order valence-corrected chi connectivity index (χ0v) is 8.70. The van der Waals surface area contributed by atoms with Crippen molar-refractivity contribution in [2.75, 3.05) is 5.73 Å². The molecule has 2 aromatic heterocycles. The van der Waals surface area contributed by atoms with E-state index in [-0.39, 0.29) is 18.8 Å². The normalized spacial score (nSPS) is 18.5. The minimum absolute atomic E-state index is 0.0501. The number of pyridine rings is 1. The second-order valence-electron chi connectivity index (χ2n) is 4.20. The molecule has 2 aromatic rings. The number of alkyl halides is 3. The summed E-state index contributed by atoms with van der Waals surface area (Å²) in [6, 6.07) is 1.50. The smallest absolute Gasteiger partial charge is 0.369 e. The molecule has 0 atom stereocenters. The van der Waals surface area contributed by atoms with Gasteiger partial charge in [0.15, 0.2) is 0 Å². The fourth-order valence-corrected chi connectivity index (χ4v) is 2.15. The molecule has 0 aromatic carbocycles. The first-order chi connectivity index (χ1) is 7.96. The van der Waals surface area contributed by atoms with Gasteiger partial charge in [0, 0.05) is 6.20 Å². The lowest BCUT2D eigenvalue weighted by atomic mass is 10.2. The van der Waals surface area contributed by atoms with Crippen LogP contribution in [0, 0.1) is 0 Å². The number of nitrogen functional groups attached to an aromatic ring is 1. The Morgan fingerprint density at radius 3 is 2.65 bits per heavy atom. The number of imidazole rings is 1. The molecule has 1 fully saturated rings. The number of fused-ring (bicyclic) bond motifs is 1.